The quantitative estimate of drug-likeness (QED) is 0.152. The van der Waals surface area contributed by atoms with Crippen LogP contribution in [0.5, 0.6) is 0 Å². The molecule has 9 aromatic carbocycles. The molecule has 1 aliphatic carbocycles. The van der Waals surface area contributed by atoms with Crippen molar-refractivity contribution in [1.29, 1.82) is 0 Å². The summed E-state index contributed by atoms with van der Waals surface area (Å²) in [6.45, 7) is 2.37. The molecule has 0 saturated carbocycles. The third-order valence-electron chi connectivity index (χ3n) is 13.2. The van der Waals surface area contributed by atoms with Crippen molar-refractivity contribution in [2.45, 2.75) is 12.8 Å². The zero-order valence-corrected chi connectivity index (χ0v) is 35.1. The summed E-state index contributed by atoms with van der Waals surface area (Å²) in [5.74, 6) is 0.470. The molecule has 2 atom stereocenters. The molecule has 2 heteroatoms. The highest BCUT2D eigenvalue weighted by Crippen LogP contribution is 2.42. The second-order valence-electron chi connectivity index (χ2n) is 17.0. The van der Waals surface area contributed by atoms with Crippen LogP contribution in [0.25, 0.3) is 99.5 Å². The Bertz CT molecular complexity index is 3460. The first-order valence-corrected chi connectivity index (χ1v) is 22.0. The fourth-order valence-corrected chi connectivity index (χ4v) is 10.1. The van der Waals surface area contributed by atoms with Crippen LogP contribution in [0.1, 0.15) is 18.4 Å². The lowest BCUT2D eigenvalue weighted by molar-refractivity contribution is 0.635. The first kappa shape index (κ1) is 36.9. The van der Waals surface area contributed by atoms with Crippen LogP contribution in [-0.2, 0) is 0 Å². The van der Waals surface area contributed by atoms with E-state index in [1.807, 2.05) is 0 Å². The minimum atomic E-state index is 0.203. The maximum absolute atomic E-state index is 2.47. The molecule has 63 heavy (non-hydrogen) atoms. The van der Waals surface area contributed by atoms with E-state index in [0.717, 1.165) is 5.69 Å². The number of hydrogen-bond acceptors (Lipinski definition) is 0. The predicted octanol–water partition coefficient (Wildman–Crippen LogP) is 16.4. The van der Waals surface area contributed by atoms with E-state index in [-0.39, 0.29) is 11.8 Å². The monoisotopic (exact) mass is 804 g/mol. The van der Waals surface area contributed by atoms with Crippen LogP contribution >= 0.6 is 0 Å². The molecule has 2 nitrogen and oxygen atoms in total. The summed E-state index contributed by atoms with van der Waals surface area (Å²) in [6.07, 6.45) is 7.24. The standard InChI is InChI=1S/C61H44N2/c1-41-34-52(63-60-26-14-10-22-56(60)57-23-11-15-27-61(57)63)32-33-53(41)50-39-47(43-18-6-3-7-19-43)38-49(40-50)48-36-45(42-16-4-2-5-17-42)35-46(37-48)44-28-30-51(31-29-44)62-58-24-12-8-20-54(58)55-21-9-13-25-59(55)62/h2-41,53H,1H3. The van der Waals surface area contributed by atoms with Crippen LogP contribution in [-0.4, -0.2) is 9.13 Å². The Kier molecular flexibility index (Phi) is 8.90. The molecule has 1 aliphatic rings. The van der Waals surface area contributed by atoms with E-state index < -0.39 is 0 Å². The van der Waals surface area contributed by atoms with Crippen LogP contribution in [0.2, 0.25) is 0 Å². The fraction of sp³-hybridized carbons (Fsp3) is 0.0492. The van der Waals surface area contributed by atoms with Gasteiger partial charge in [0.05, 0.1) is 22.1 Å². The van der Waals surface area contributed by atoms with Gasteiger partial charge in [-0.2, -0.15) is 0 Å². The van der Waals surface area contributed by atoms with Gasteiger partial charge in [0.2, 0.25) is 0 Å². The second-order valence-corrected chi connectivity index (χ2v) is 17.0. The van der Waals surface area contributed by atoms with Crippen molar-refractivity contribution in [1.82, 2.24) is 9.13 Å². The maximum Gasteiger partial charge on any atom is 0.0541 e. The average Bonchev–Trinajstić information content (AvgIpc) is 3.87. The number of para-hydroxylation sites is 4. The number of hydrogen-bond donors (Lipinski definition) is 0. The van der Waals surface area contributed by atoms with Crippen molar-refractivity contribution in [3.05, 3.63) is 242 Å². The summed E-state index contributed by atoms with van der Waals surface area (Å²) in [6, 6.07) is 80.1. The molecular weight excluding hydrogens is 761 g/mol. The van der Waals surface area contributed by atoms with Gasteiger partial charge >= 0.3 is 0 Å². The first-order valence-electron chi connectivity index (χ1n) is 22.0. The number of allylic oxidation sites excluding steroid dienone is 4. The van der Waals surface area contributed by atoms with Gasteiger partial charge in [-0.1, -0.05) is 177 Å². The molecule has 0 spiro atoms. The molecule has 12 rings (SSSR count). The Morgan fingerprint density at radius 3 is 1.16 bits per heavy atom. The van der Waals surface area contributed by atoms with Crippen LogP contribution in [0, 0.1) is 5.92 Å². The van der Waals surface area contributed by atoms with Crippen LogP contribution < -0.4 is 0 Å². The highest BCUT2D eigenvalue weighted by atomic mass is 15.0. The van der Waals surface area contributed by atoms with Gasteiger partial charge in [0.1, 0.15) is 0 Å². The summed E-state index contributed by atoms with van der Waals surface area (Å²) in [4.78, 5) is 0. The van der Waals surface area contributed by atoms with Crippen molar-refractivity contribution in [2.24, 2.45) is 5.92 Å². The summed E-state index contributed by atoms with van der Waals surface area (Å²) >= 11 is 0. The second kappa shape index (κ2) is 15.2. The smallest absolute Gasteiger partial charge is 0.0541 e. The van der Waals surface area contributed by atoms with Crippen molar-refractivity contribution in [3.8, 4) is 50.2 Å². The van der Waals surface area contributed by atoms with E-state index in [0.29, 0.717) is 0 Å². The lowest BCUT2D eigenvalue weighted by atomic mass is 9.81. The molecule has 0 fully saturated rings. The molecule has 2 unspecified atom stereocenters. The fourth-order valence-electron chi connectivity index (χ4n) is 10.1. The van der Waals surface area contributed by atoms with Gasteiger partial charge in [-0.15, -0.1) is 0 Å². The van der Waals surface area contributed by atoms with Gasteiger partial charge in [-0.3, -0.25) is 0 Å². The van der Waals surface area contributed by atoms with Gasteiger partial charge in [-0.25, -0.2) is 0 Å². The SMILES string of the molecule is CC1C=C(n2c3ccccc3c3ccccc32)C=CC1c1cc(-c2ccccc2)cc(-c2cc(-c3ccccc3)cc(-c3ccc(-n4c5ccccc5c5ccccc54)cc3)c2)c1. The Morgan fingerprint density at radius 2 is 0.698 bits per heavy atom. The van der Waals surface area contributed by atoms with Gasteiger partial charge in [-0.05, 0) is 123 Å². The molecule has 0 saturated heterocycles. The lowest BCUT2D eigenvalue weighted by Crippen LogP contribution is -2.11. The average molecular weight is 805 g/mol. The van der Waals surface area contributed by atoms with Crippen molar-refractivity contribution in [2.75, 3.05) is 0 Å². The van der Waals surface area contributed by atoms with Gasteiger partial charge in [0.15, 0.2) is 0 Å². The molecule has 2 aromatic heterocycles. The van der Waals surface area contributed by atoms with Gasteiger partial charge in [0.25, 0.3) is 0 Å². The minimum Gasteiger partial charge on any atom is -0.310 e. The molecule has 0 N–H and O–H groups in total. The maximum atomic E-state index is 2.47. The van der Waals surface area contributed by atoms with Gasteiger partial charge in [0, 0.05) is 38.8 Å². The molecule has 0 bridgehead atoms. The zero-order valence-electron chi connectivity index (χ0n) is 35.1. The molecule has 11 aromatic rings. The van der Waals surface area contributed by atoms with Crippen molar-refractivity contribution in [3.63, 3.8) is 0 Å². The van der Waals surface area contributed by atoms with E-state index in [9.17, 15) is 0 Å². The number of benzene rings is 9. The lowest BCUT2D eigenvalue weighted by Gasteiger charge is -2.26. The summed E-state index contributed by atoms with van der Waals surface area (Å²) in [7, 11) is 0. The molecule has 0 amide bonds. The Labute approximate surface area is 368 Å². The third-order valence-corrected chi connectivity index (χ3v) is 13.2. The molecule has 2 heterocycles. The van der Waals surface area contributed by atoms with E-state index >= 15 is 0 Å². The van der Waals surface area contributed by atoms with Gasteiger partial charge < -0.3 is 9.13 Å². The Morgan fingerprint density at radius 1 is 0.333 bits per heavy atom. The number of fused-ring (bicyclic) bond motifs is 6. The molecule has 0 aliphatic heterocycles. The number of rotatable bonds is 7. The number of aromatic nitrogens is 2. The summed E-state index contributed by atoms with van der Waals surface area (Å²) in [5.41, 5.74) is 18.2. The van der Waals surface area contributed by atoms with E-state index in [2.05, 4.69) is 253 Å². The van der Waals surface area contributed by atoms with E-state index in [1.54, 1.807) is 0 Å². The van der Waals surface area contributed by atoms with E-state index in [1.165, 1.54) is 99.4 Å². The summed E-state index contributed by atoms with van der Waals surface area (Å²) in [5, 5.41) is 5.11. The third kappa shape index (κ3) is 6.42. The Hall–Kier alpha value is -7.94. The molecule has 298 valence electrons. The van der Waals surface area contributed by atoms with E-state index in [4.69, 9.17) is 0 Å². The highest BCUT2D eigenvalue weighted by molar-refractivity contribution is 6.11. The van der Waals surface area contributed by atoms with Crippen LogP contribution in [0.15, 0.2) is 237 Å². The number of nitrogens with zero attached hydrogens (tertiary/aromatic N) is 2. The zero-order chi connectivity index (χ0) is 41.9. The topological polar surface area (TPSA) is 9.86 Å². The summed E-state index contributed by atoms with van der Waals surface area (Å²) < 4.78 is 4.82. The predicted molar refractivity (Wildman–Crippen MR) is 267 cm³/mol. The largest absolute Gasteiger partial charge is 0.310 e. The minimum absolute atomic E-state index is 0.203. The van der Waals surface area contributed by atoms with Crippen molar-refractivity contribution >= 4 is 49.3 Å². The Balaban J connectivity index is 0.970. The molecule has 0 radical (unpaired) electrons. The first-order chi connectivity index (χ1) is 31.1. The highest BCUT2D eigenvalue weighted by Gasteiger charge is 2.23. The van der Waals surface area contributed by atoms with Crippen molar-refractivity contribution < 1.29 is 0 Å². The molecular formula is C61H44N2. The van der Waals surface area contributed by atoms with Crippen LogP contribution in [0.4, 0.5) is 0 Å². The normalized spacial score (nSPS) is 15.1. The van der Waals surface area contributed by atoms with Crippen LogP contribution in [0.3, 0.4) is 0 Å².